The van der Waals surface area contributed by atoms with Crippen LogP contribution in [0.25, 0.3) is 0 Å². The number of para-hydroxylation sites is 2. The third-order valence-corrected chi connectivity index (χ3v) is 4.93. The number of hydrogen-bond acceptors (Lipinski definition) is 6. The first-order valence-electron chi connectivity index (χ1n) is 10.9. The normalized spacial score (nSPS) is 11.3. The second kappa shape index (κ2) is 11.2. The average molecular weight is 490 g/mol. The Morgan fingerprint density at radius 3 is 2.19 bits per heavy atom. The van der Waals surface area contributed by atoms with E-state index in [2.05, 4.69) is 20.6 Å². The molecule has 0 amide bonds. The van der Waals surface area contributed by atoms with Crippen molar-refractivity contribution in [2.75, 3.05) is 10.6 Å². The lowest BCUT2D eigenvalue weighted by Crippen LogP contribution is -2.16. The Bertz CT molecular complexity index is 1330. The fourth-order valence-corrected chi connectivity index (χ4v) is 3.31. The second-order valence-corrected chi connectivity index (χ2v) is 7.58. The Balaban J connectivity index is 1.68. The van der Waals surface area contributed by atoms with Crippen molar-refractivity contribution in [2.45, 2.75) is 12.6 Å². The first-order valence-corrected chi connectivity index (χ1v) is 10.9. The number of hydrogen-bond donors (Lipinski definition) is 2. The van der Waals surface area contributed by atoms with Gasteiger partial charge in [-0.1, -0.05) is 42.5 Å². The summed E-state index contributed by atoms with van der Waals surface area (Å²) in [4.78, 5) is 20.9. The van der Waals surface area contributed by atoms with Crippen LogP contribution >= 0.6 is 0 Å². The summed E-state index contributed by atoms with van der Waals surface area (Å²) in [5.74, 6) is -0.903. The molecule has 0 unspecified atom stereocenters. The number of ether oxygens (including phenoxy) is 1. The Hall–Kier alpha value is -4.66. The fraction of sp³-hybridized carbons (Fsp3) is 0.0741. The number of halogens is 3. The summed E-state index contributed by atoms with van der Waals surface area (Å²) >= 11 is 0. The predicted octanol–water partition coefficient (Wildman–Crippen LogP) is 6.77. The molecule has 0 spiro atoms. The van der Waals surface area contributed by atoms with E-state index in [1.165, 1.54) is 24.5 Å². The first-order chi connectivity index (χ1) is 17.4. The second-order valence-electron chi connectivity index (χ2n) is 7.58. The summed E-state index contributed by atoms with van der Waals surface area (Å²) in [6, 6.07) is 23.2. The Labute approximate surface area is 205 Å². The van der Waals surface area contributed by atoms with E-state index in [0.29, 0.717) is 5.69 Å². The van der Waals surface area contributed by atoms with Gasteiger partial charge in [-0.2, -0.15) is 18.2 Å². The van der Waals surface area contributed by atoms with E-state index >= 15 is 0 Å². The van der Waals surface area contributed by atoms with E-state index in [1.807, 2.05) is 18.2 Å². The molecule has 0 fully saturated rings. The summed E-state index contributed by atoms with van der Waals surface area (Å²) < 4.78 is 47.9. The lowest BCUT2D eigenvalue weighted by Gasteiger charge is -2.18. The van der Waals surface area contributed by atoms with Crippen LogP contribution in [0.4, 0.5) is 30.4 Å². The molecule has 0 bridgehead atoms. The van der Waals surface area contributed by atoms with Crippen molar-refractivity contribution in [3.05, 3.63) is 115 Å². The number of rotatable bonds is 9. The van der Waals surface area contributed by atoms with E-state index in [-0.39, 0.29) is 23.1 Å². The van der Waals surface area contributed by atoms with Crippen LogP contribution in [0.1, 0.15) is 11.1 Å². The van der Waals surface area contributed by atoms with Crippen molar-refractivity contribution in [1.29, 1.82) is 0 Å². The highest BCUT2D eigenvalue weighted by atomic mass is 19.4. The van der Waals surface area contributed by atoms with Crippen molar-refractivity contribution in [3.63, 3.8) is 0 Å². The summed E-state index contributed by atoms with van der Waals surface area (Å²) in [6.45, 7) is 0. The topological polar surface area (TPSA) is 76.1 Å². The average Bonchev–Trinajstić information content (AvgIpc) is 2.87. The lowest BCUT2D eigenvalue weighted by molar-refractivity contribution is -0.138. The maximum Gasteiger partial charge on any atom is 0.417 e. The molecule has 2 heterocycles. The number of benzene rings is 2. The van der Waals surface area contributed by atoms with Gasteiger partial charge in [-0.25, -0.2) is 4.98 Å². The van der Waals surface area contributed by atoms with Crippen molar-refractivity contribution in [1.82, 2.24) is 9.97 Å². The molecule has 6 nitrogen and oxygen atoms in total. The summed E-state index contributed by atoms with van der Waals surface area (Å²) in [7, 11) is 0. The predicted molar refractivity (Wildman–Crippen MR) is 131 cm³/mol. The number of allylic oxidation sites excluding steroid dienone is 1. The number of nitrogens with zero attached hydrogens (tertiary/aromatic N) is 2. The summed E-state index contributed by atoms with van der Waals surface area (Å²) in [5, 5.41) is 5.81. The zero-order valence-corrected chi connectivity index (χ0v) is 18.9. The molecule has 0 saturated heterocycles. The minimum absolute atomic E-state index is 0.0857. The number of anilines is 3. The number of aromatic nitrogens is 2. The molecular weight excluding hydrogens is 469 g/mol. The molecular formula is C27H21F3N4O2. The van der Waals surface area contributed by atoms with Gasteiger partial charge in [0.15, 0.2) is 5.78 Å². The van der Waals surface area contributed by atoms with Gasteiger partial charge in [-0.3, -0.25) is 4.79 Å². The third kappa shape index (κ3) is 6.69. The van der Waals surface area contributed by atoms with E-state index in [1.54, 1.807) is 54.6 Å². The molecule has 0 atom stereocenters. The zero-order chi connectivity index (χ0) is 25.4. The standard InChI is InChI=1S/C27H21F3N4O2/c28-27(29,30)23-18-25(36-24-13-7-8-15-32-24)34-26(33-20-11-5-2-6-12-20)22(23)17-21(35)14-16-31-19-9-3-1-4-10-19/h1-16,18,31H,17H2,(H,33,34)/b16-14+. The molecule has 4 aromatic rings. The number of alkyl halides is 3. The van der Waals surface area contributed by atoms with Crippen LogP contribution in [0.15, 0.2) is 103 Å². The van der Waals surface area contributed by atoms with Crippen LogP contribution in [0.5, 0.6) is 11.8 Å². The van der Waals surface area contributed by atoms with Gasteiger partial charge in [-0.15, -0.1) is 0 Å². The summed E-state index contributed by atoms with van der Waals surface area (Å²) in [6.07, 6.45) is -1.27. The molecule has 2 aromatic heterocycles. The molecule has 0 aliphatic heterocycles. The maximum atomic E-state index is 14.1. The first kappa shape index (κ1) is 24.5. The molecule has 9 heteroatoms. The van der Waals surface area contributed by atoms with Gasteiger partial charge in [0, 0.05) is 47.9 Å². The van der Waals surface area contributed by atoms with Gasteiger partial charge in [0.1, 0.15) is 5.82 Å². The van der Waals surface area contributed by atoms with Crippen LogP contribution in [-0.4, -0.2) is 15.8 Å². The fourth-order valence-electron chi connectivity index (χ4n) is 3.31. The number of carbonyl (C=O) groups excluding carboxylic acids is 1. The summed E-state index contributed by atoms with van der Waals surface area (Å²) in [5.41, 5.74) is -0.0848. The maximum absolute atomic E-state index is 14.1. The Morgan fingerprint density at radius 2 is 1.56 bits per heavy atom. The molecule has 0 radical (unpaired) electrons. The Morgan fingerprint density at radius 1 is 0.889 bits per heavy atom. The lowest BCUT2D eigenvalue weighted by atomic mass is 10.0. The number of carbonyl (C=O) groups is 1. The van der Waals surface area contributed by atoms with Crippen LogP contribution in [-0.2, 0) is 17.4 Å². The van der Waals surface area contributed by atoms with Crippen molar-refractivity contribution >= 4 is 23.0 Å². The van der Waals surface area contributed by atoms with E-state index in [9.17, 15) is 18.0 Å². The highest BCUT2D eigenvalue weighted by Crippen LogP contribution is 2.38. The van der Waals surface area contributed by atoms with Crippen LogP contribution in [0.3, 0.4) is 0 Å². The number of nitrogens with one attached hydrogen (secondary N) is 2. The molecule has 4 rings (SSSR count). The highest BCUT2D eigenvalue weighted by molar-refractivity contribution is 5.93. The van der Waals surface area contributed by atoms with E-state index in [0.717, 1.165) is 11.8 Å². The molecule has 2 N–H and O–H groups in total. The van der Waals surface area contributed by atoms with Crippen molar-refractivity contribution in [2.24, 2.45) is 0 Å². The van der Waals surface area contributed by atoms with Crippen LogP contribution in [0, 0.1) is 0 Å². The number of pyridine rings is 2. The van der Waals surface area contributed by atoms with Crippen molar-refractivity contribution < 1.29 is 22.7 Å². The van der Waals surface area contributed by atoms with E-state index in [4.69, 9.17) is 4.74 Å². The van der Waals surface area contributed by atoms with Gasteiger partial charge in [0.05, 0.1) is 5.56 Å². The van der Waals surface area contributed by atoms with Gasteiger partial charge < -0.3 is 15.4 Å². The van der Waals surface area contributed by atoms with Crippen LogP contribution < -0.4 is 15.4 Å². The molecule has 0 aliphatic rings. The molecule has 0 saturated carbocycles. The molecule has 2 aromatic carbocycles. The largest absolute Gasteiger partial charge is 0.421 e. The Kier molecular flexibility index (Phi) is 7.60. The smallest absolute Gasteiger partial charge is 0.417 e. The molecule has 36 heavy (non-hydrogen) atoms. The minimum Gasteiger partial charge on any atom is -0.421 e. The number of ketones is 1. The minimum atomic E-state index is -4.76. The highest BCUT2D eigenvalue weighted by Gasteiger charge is 2.36. The third-order valence-electron chi connectivity index (χ3n) is 4.93. The van der Waals surface area contributed by atoms with Gasteiger partial charge in [0.25, 0.3) is 0 Å². The molecule has 0 aliphatic carbocycles. The van der Waals surface area contributed by atoms with Crippen LogP contribution in [0.2, 0.25) is 0 Å². The molecule has 182 valence electrons. The van der Waals surface area contributed by atoms with E-state index < -0.39 is 23.9 Å². The van der Waals surface area contributed by atoms with Gasteiger partial charge in [-0.05, 0) is 36.4 Å². The van der Waals surface area contributed by atoms with Gasteiger partial charge >= 0.3 is 6.18 Å². The quantitative estimate of drug-likeness (QED) is 0.252. The van der Waals surface area contributed by atoms with Crippen molar-refractivity contribution in [3.8, 4) is 11.8 Å². The zero-order valence-electron chi connectivity index (χ0n) is 18.9. The SMILES string of the molecule is O=C(/C=C/Nc1ccccc1)Cc1c(C(F)(F)F)cc(Oc2ccccn2)nc1Nc1ccccc1. The monoisotopic (exact) mass is 490 g/mol. The van der Waals surface area contributed by atoms with Gasteiger partial charge in [0.2, 0.25) is 11.8 Å².